The lowest BCUT2D eigenvalue weighted by Gasteiger charge is -2.10. The van der Waals surface area contributed by atoms with E-state index in [9.17, 15) is 0 Å². The van der Waals surface area contributed by atoms with Crippen LogP contribution in [0, 0.1) is 6.92 Å². The summed E-state index contributed by atoms with van der Waals surface area (Å²) in [5.41, 5.74) is 3.30. The van der Waals surface area contributed by atoms with Gasteiger partial charge in [0.15, 0.2) is 0 Å². The first kappa shape index (κ1) is 13.7. The number of rotatable bonds is 3. The van der Waals surface area contributed by atoms with E-state index in [0.717, 1.165) is 16.7 Å². The minimum atomic E-state index is 0.533. The molecule has 0 spiro atoms. The first-order chi connectivity index (χ1) is 8.58. The summed E-state index contributed by atoms with van der Waals surface area (Å²) in [6.07, 6.45) is 0. The van der Waals surface area contributed by atoms with Crippen LogP contribution in [0.3, 0.4) is 0 Å². The second kappa shape index (κ2) is 5.96. The Labute approximate surface area is 125 Å². The van der Waals surface area contributed by atoms with E-state index in [2.05, 4.69) is 46.4 Å². The molecule has 0 aromatic heterocycles. The Hall–Kier alpha value is -0.700. The first-order valence-electron chi connectivity index (χ1n) is 5.51. The van der Waals surface area contributed by atoms with Crippen molar-refractivity contribution in [1.82, 2.24) is 0 Å². The van der Waals surface area contributed by atoms with Gasteiger partial charge in [-0.3, -0.25) is 0 Å². The first-order valence-corrected chi connectivity index (χ1v) is 7.06. The SMILES string of the molecule is Cc1cccc(CNc2ccc(Br)c(Cl)c2Cl)c1. The molecule has 0 atom stereocenters. The van der Waals surface area contributed by atoms with Gasteiger partial charge in [-0.05, 0) is 40.5 Å². The van der Waals surface area contributed by atoms with Gasteiger partial charge in [0.1, 0.15) is 0 Å². The smallest absolute Gasteiger partial charge is 0.0835 e. The normalized spacial score (nSPS) is 10.4. The second-order valence-electron chi connectivity index (χ2n) is 4.07. The second-order valence-corrected chi connectivity index (χ2v) is 5.68. The number of hydrogen-bond acceptors (Lipinski definition) is 1. The summed E-state index contributed by atoms with van der Waals surface area (Å²) in [6.45, 7) is 2.80. The van der Waals surface area contributed by atoms with Gasteiger partial charge in [-0.25, -0.2) is 0 Å². The maximum absolute atomic E-state index is 6.17. The average Bonchev–Trinajstić information content (AvgIpc) is 2.35. The topological polar surface area (TPSA) is 12.0 Å². The summed E-state index contributed by atoms with van der Waals surface area (Å²) in [5, 5.41) is 4.36. The lowest BCUT2D eigenvalue weighted by molar-refractivity contribution is 1.14. The highest BCUT2D eigenvalue weighted by Gasteiger charge is 2.07. The fourth-order valence-corrected chi connectivity index (χ4v) is 2.52. The Balaban J connectivity index is 2.14. The third kappa shape index (κ3) is 3.19. The van der Waals surface area contributed by atoms with Gasteiger partial charge < -0.3 is 5.32 Å². The number of hydrogen-bond donors (Lipinski definition) is 1. The zero-order valence-electron chi connectivity index (χ0n) is 9.81. The van der Waals surface area contributed by atoms with Crippen LogP contribution in [0.2, 0.25) is 10.0 Å². The monoisotopic (exact) mass is 343 g/mol. The lowest BCUT2D eigenvalue weighted by Crippen LogP contribution is -2.00. The van der Waals surface area contributed by atoms with Crippen LogP contribution in [0.15, 0.2) is 40.9 Å². The molecule has 0 fully saturated rings. The molecule has 0 saturated heterocycles. The van der Waals surface area contributed by atoms with E-state index in [1.54, 1.807) is 0 Å². The Morgan fingerprint density at radius 2 is 1.89 bits per heavy atom. The van der Waals surface area contributed by atoms with Crippen molar-refractivity contribution in [2.75, 3.05) is 5.32 Å². The van der Waals surface area contributed by atoms with Crippen LogP contribution in [0.4, 0.5) is 5.69 Å². The van der Waals surface area contributed by atoms with Crippen molar-refractivity contribution in [2.45, 2.75) is 13.5 Å². The molecule has 2 aromatic rings. The van der Waals surface area contributed by atoms with Gasteiger partial charge in [0, 0.05) is 11.0 Å². The molecule has 0 unspecified atom stereocenters. The molecule has 0 radical (unpaired) electrons. The molecular formula is C14H12BrCl2N. The van der Waals surface area contributed by atoms with Gasteiger partial charge in [-0.1, -0.05) is 53.0 Å². The molecule has 0 saturated carbocycles. The molecular weight excluding hydrogens is 333 g/mol. The van der Waals surface area contributed by atoms with Gasteiger partial charge in [0.2, 0.25) is 0 Å². The number of benzene rings is 2. The van der Waals surface area contributed by atoms with E-state index in [1.807, 2.05) is 18.2 Å². The summed E-state index contributed by atoms with van der Waals surface area (Å²) >= 11 is 15.6. The molecule has 4 heteroatoms. The Morgan fingerprint density at radius 3 is 2.61 bits per heavy atom. The third-order valence-corrected chi connectivity index (χ3v) is 4.37. The predicted molar refractivity (Wildman–Crippen MR) is 82.7 cm³/mol. The minimum absolute atomic E-state index is 0.533. The highest BCUT2D eigenvalue weighted by Crippen LogP contribution is 2.35. The predicted octanol–water partition coefficient (Wildman–Crippen LogP) is 5.68. The zero-order valence-corrected chi connectivity index (χ0v) is 12.9. The molecule has 94 valence electrons. The van der Waals surface area contributed by atoms with Crippen LogP contribution < -0.4 is 5.32 Å². The van der Waals surface area contributed by atoms with E-state index in [4.69, 9.17) is 23.2 Å². The van der Waals surface area contributed by atoms with E-state index in [1.165, 1.54) is 11.1 Å². The lowest BCUT2D eigenvalue weighted by atomic mass is 10.1. The molecule has 2 rings (SSSR count). The molecule has 0 aliphatic rings. The summed E-state index contributed by atoms with van der Waals surface area (Å²) in [4.78, 5) is 0. The fraction of sp³-hybridized carbons (Fsp3) is 0.143. The van der Waals surface area contributed by atoms with Crippen molar-refractivity contribution in [3.8, 4) is 0 Å². The number of anilines is 1. The minimum Gasteiger partial charge on any atom is -0.380 e. The molecule has 2 aromatic carbocycles. The standard InChI is InChI=1S/C14H12BrCl2N/c1-9-3-2-4-10(7-9)8-18-12-6-5-11(15)13(16)14(12)17/h2-7,18H,8H2,1H3. The molecule has 1 nitrogen and oxygen atoms in total. The number of nitrogens with one attached hydrogen (secondary N) is 1. The van der Waals surface area contributed by atoms with Crippen molar-refractivity contribution >= 4 is 44.8 Å². The highest BCUT2D eigenvalue weighted by atomic mass is 79.9. The van der Waals surface area contributed by atoms with Crippen LogP contribution >= 0.6 is 39.1 Å². The van der Waals surface area contributed by atoms with Crippen LogP contribution in [-0.2, 0) is 6.54 Å². The molecule has 0 aliphatic heterocycles. The van der Waals surface area contributed by atoms with E-state index in [-0.39, 0.29) is 0 Å². The largest absolute Gasteiger partial charge is 0.380 e. The van der Waals surface area contributed by atoms with Crippen molar-refractivity contribution in [3.05, 3.63) is 62.0 Å². The van der Waals surface area contributed by atoms with E-state index in [0.29, 0.717) is 10.0 Å². The van der Waals surface area contributed by atoms with Crippen molar-refractivity contribution in [1.29, 1.82) is 0 Å². The van der Waals surface area contributed by atoms with E-state index >= 15 is 0 Å². The Bertz CT molecular complexity index is 570. The fourth-order valence-electron chi connectivity index (χ4n) is 1.68. The molecule has 0 heterocycles. The summed E-state index contributed by atoms with van der Waals surface area (Å²) in [5.74, 6) is 0. The quantitative estimate of drug-likeness (QED) is 0.706. The maximum Gasteiger partial charge on any atom is 0.0835 e. The molecule has 18 heavy (non-hydrogen) atoms. The van der Waals surface area contributed by atoms with Gasteiger partial charge in [0.05, 0.1) is 15.7 Å². The van der Waals surface area contributed by atoms with Crippen LogP contribution in [0.25, 0.3) is 0 Å². The van der Waals surface area contributed by atoms with Gasteiger partial charge in [0.25, 0.3) is 0 Å². The molecule has 0 bridgehead atoms. The number of aryl methyl sites for hydroxylation is 1. The Morgan fingerprint density at radius 1 is 1.11 bits per heavy atom. The summed E-state index contributed by atoms with van der Waals surface area (Å²) < 4.78 is 0.801. The molecule has 0 amide bonds. The maximum atomic E-state index is 6.17. The molecule has 0 aliphatic carbocycles. The summed E-state index contributed by atoms with van der Waals surface area (Å²) in [7, 11) is 0. The van der Waals surface area contributed by atoms with E-state index < -0.39 is 0 Å². The van der Waals surface area contributed by atoms with Crippen molar-refractivity contribution in [2.24, 2.45) is 0 Å². The molecule has 1 N–H and O–H groups in total. The zero-order chi connectivity index (χ0) is 13.1. The third-order valence-electron chi connectivity index (χ3n) is 2.60. The van der Waals surface area contributed by atoms with Gasteiger partial charge in [-0.2, -0.15) is 0 Å². The van der Waals surface area contributed by atoms with Crippen molar-refractivity contribution < 1.29 is 0 Å². The Kier molecular flexibility index (Phi) is 4.55. The van der Waals surface area contributed by atoms with Crippen LogP contribution in [0.5, 0.6) is 0 Å². The van der Waals surface area contributed by atoms with Gasteiger partial charge in [-0.15, -0.1) is 0 Å². The van der Waals surface area contributed by atoms with Crippen LogP contribution in [-0.4, -0.2) is 0 Å². The van der Waals surface area contributed by atoms with Gasteiger partial charge >= 0.3 is 0 Å². The number of halogens is 3. The van der Waals surface area contributed by atoms with Crippen molar-refractivity contribution in [3.63, 3.8) is 0 Å². The highest BCUT2D eigenvalue weighted by molar-refractivity contribution is 9.10. The summed E-state index contributed by atoms with van der Waals surface area (Å²) in [6, 6.07) is 12.1. The van der Waals surface area contributed by atoms with Crippen LogP contribution in [0.1, 0.15) is 11.1 Å². The average molecular weight is 345 g/mol.